The van der Waals surface area contributed by atoms with E-state index < -0.39 is 16.7 Å². The Morgan fingerprint density at radius 3 is 2.65 bits per heavy atom. The molecule has 3 rings (SSSR count). The monoisotopic (exact) mass is 340 g/mol. The second-order valence-corrected chi connectivity index (χ2v) is 8.07. The van der Waals surface area contributed by atoms with Gasteiger partial charge in [-0.25, -0.2) is 4.79 Å². The van der Waals surface area contributed by atoms with Crippen molar-refractivity contribution < 1.29 is 18.6 Å². The van der Waals surface area contributed by atoms with Gasteiger partial charge in [0, 0.05) is 30.9 Å². The van der Waals surface area contributed by atoms with Gasteiger partial charge in [0.05, 0.1) is 24.1 Å². The maximum atomic E-state index is 12.0. The van der Waals surface area contributed by atoms with E-state index in [9.17, 15) is 13.9 Å². The van der Waals surface area contributed by atoms with Crippen molar-refractivity contribution in [2.45, 2.75) is 26.2 Å². The van der Waals surface area contributed by atoms with Gasteiger partial charge in [-0.05, 0) is 38.3 Å². The number of ether oxygens (including phenoxy) is 1. The summed E-state index contributed by atoms with van der Waals surface area (Å²) < 4.78 is 27.5. The molecule has 23 heavy (non-hydrogen) atoms. The first kappa shape index (κ1) is 16.4. The van der Waals surface area contributed by atoms with Crippen LogP contribution in [0.5, 0.6) is 0 Å². The van der Waals surface area contributed by atoms with Gasteiger partial charge in [-0.2, -0.15) is 0 Å². The zero-order chi connectivity index (χ0) is 16.6. The van der Waals surface area contributed by atoms with E-state index >= 15 is 0 Å². The van der Waals surface area contributed by atoms with Gasteiger partial charge in [-0.3, -0.25) is 13.4 Å². The van der Waals surface area contributed by atoms with Crippen LogP contribution in [-0.2, 0) is 11.2 Å². The molecule has 1 fully saturated rings. The second kappa shape index (κ2) is 6.22. The quantitative estimate of drug-likeness (QED) is 0.824. The Bertz CT molecular complexity index is 620. The van der Waals surface area contributed by atoms with Gasteiger partial charge in [0.15, 0.2) is 0 Å². The molecule has 0 aromatic heterocycles. The summed E-state index contributed by atoms with van der Waals surface area (Å²) in [5.41, 5.74) is 3.34. The molecule has 1 saturated heterocycles. The van der Waals surface area contributed by atoms with Gasteiger partial charge >= 0.3 is 5.97 Å². The number of methoxy groups -OCH3 is 1. The van der Waals surface area contributed by atoms with E-state index in [1.807, 2.05) is 6.07 Å². The second-order valence-electron chi connectivity index (χ2n) is 5.96. The molecule has 2 aliphatic rings. The Kier molecular flexibility index (Phi) is 4.44. The first-order chi connectivity index (χ1) is 11.0. The Morgan fingerprint density at radius 1 is 1.26 bits per heavy atom. The molecule has 2 heterocycles. The van der Waals surface area contributed by atoms with Crippen LogP contribution in [0.25, 0.3) is 0 Å². The Balaban J connectivity index is 2.12. The number of likely N-dealkylation sites (N-methyl/N-ethyl adjacent to an activating group) is 1. The molecular weight excluding hydrogens is 316 g/mol. The maximum Gasteiger partial charge on any atom is 0.337 e. The summed E-state index contributed by atoms with van der Waals surface area (Å²) >= 11 is 0. The van der Waals surface area contributed by atoms with E-state index in [4.69, 9.17) is 4.74 Å². The molecule has 0 amide bonds. The van der Waals surface area contributed by atoms with Crippen LogP contribution in [0, 0.1) is 0 Å². The highest BCUT2D eigenvalue weighted by Crippen LogP contribution is 2.52. The van der Waals surface area contributed by atoms with Crippen molar-refractivity contribution in [1.82, 2.24) is 0 Å². The van der Waals surface area contributed by atoms with Crippen molar-refractivity contribution in [2.24, 2.45) is 0 Å². The van der Waals surface area contributed by atoms with Gasteiger partial charge in [-0.15, -0.1) is 10.8 Å². The van der Waals surface area contributed by atoms with Crippen LogP contribution < -0.4 is 9.21 Å². The van der Waals surface area contributed by atoms with E-state index in [0.29, 0.717) is 17.9 Å². The lowest BCUT2D eigenvalue weighted by molar-refractivity contribution is 0.0601. The third-order valence-electron chi connectivity index (χ3n) is 4.63. The Hall–Kier alpha value is -1.44. The highest BCUT2D eigenvalue weighted by atomic mass is 32.3. The van der Waals surface area contributed by atoms with E-state index in [1.54, 1.807) is 10.4 Å². The van der Waals surface area contributed by atoms with Crippen molar-refractivity contribution in [1.29, 1.82) is 0 Å². The highest BCUT2D eigenvalue weighted by molar-refractivity contribution is 8.25. The topological polar surface area (TPSA) is 73.2 Å². The maximum absolute atomic E-state index is 12.0. The fourth-order valence-corrected chi connectivity index (χ4v) is 5.13. The number of rotatable bonds is 3. The first-order valence-corrected chi connectivity index (χ1v) is 9.69. The third kappa shape index (κ3) is 2.88. The van der Waals surface area contributed by atoms with Crippen molar-refractivity contribution in [3.8, 4) is 0 Å². The van der Waals surface area contributed by atoms with Gasteiger partial charge in [0.1, 0.15) is 0 Å². The largest absolute Gasteiger partial charge is 0.465 e. The van der Waals surface area contributed by atoms with E-state index in [0.717, 1.165) is 49.3 Å². The number of hydrogen-bond donors (Lipinski definition) is 2. The summed E-state index contributed by atoms with van der Waals surface area (Å²) in [6.07, 6.45) is 2.59. The zero-order valence-electron chi connectivity index (χ0n) is 13.6. The number of esters is 1. The third-order valence-corrected chi connectivity index (χ3v) is 6.55. The molecule has 0 unspecified atom stereocenters. The number of hydrogen-bond acceptors (Lipinski definition) is 6. The van der Waals surface area contributed by atoms with Crippen molar-refractivity contribution in [2.75, 3.05) is 41.7 Å². The minimum atomic E-state index is -2.81. The first-order valence-electron chi connectivity index (χ1n) is 8.01. The molecule has 0 atom stereocenters. The van der Waals surface area contributed by atoms with Crippen LogP contribution in [0.3, 0.4) is 0 Å². The van der Waals surface area contributed by atoms with Gasteiger partial charge in [0.2, 0.25) is 0 Å². The standard InChI is InChI=1S/C16H24N2O4S/c1-3-17-8-6-13-14(17)10-12(16(19)22-2)11-15(13)18-7-4-5-9-23(18,20)21/h10-11,20-21H,3-9H2,1-2H3. The number of benzene rings is 1. The predicted octanol–water partition coefficient (Wildman–Crippen LogP) is 3.12. The molecule has 1 aromatic rings. The summed E-state index contributed by atoms with van der Waals surface area (Å²) in [4.78, 5) is 14.2. The molecule has 6 nitrogen and oxygen atoms in total. The van der Waals surface area contributed by atoms with E-state index in [1.165, 1.54) is 7.11 Å². The number of anilines is 2. The van der Waals surface area contributed by atoms with Crippen LogP contribution in [0.2, 0.25) is 0 Å². The zero-order valence-corrected chi connectivity index (χ0v) is 14.4. The highest BCUT2D eigenvalue weighted by Gasteiger charge is 2.32. The molecule has 0 spiro atoms. The molecule has 128 valence electrons. The van der Waals surface area contributed by atoms with E-state index in [2.05, 4.69) is 11.8 Å². The summed E-state index contributed by atoms with van der Waals surface area (Å²) in [5, 5.41) is 0. The smallest absolute Gasteiger partial charge is 0.337 e. The molecular formula is C16H24N2O4S. The predicted molar refractivity (Wildman–Crippen MR) is 93.7 cm³/mol. The van der Waals surface area contributed by atoms with Gasteiger partial charge in [0.25, 0.3) is 0 Å². The summed E-state index contributed by atoms with van der Waals surface area (Å²) in [6.45, 7) is 4.42. The lowest BCUT2D eigenvalue weighted by Crippen LogP contribution is -2.35. The van der Waals surface area contributed by atoms with Crippen LogP contribution in [0.1, 0.15) is 35.7 Å². The van der Waals surface area contributed by atoms with Gasteiger partial charge in [-0.1, -0.05) is 0 Å². The lowest BCUT2D eigenvalue weighted by Gasteiger charge is -2.48. The Morgan fingerprint density at radius 2 is 2.00 bits per heavy atom. The molecule has 0 saturated carbocycles. The molecule has 1 aromatic carbocycles. The summed E-state index contributed by atoms with van der Waals surface area (Å²) in [6, 6.07) is 3.61. The summed E-state index contributed by atoms with van der Waals surface area (Å²) in [7, 11) is -1.45. The molecule has 0 bridgehead atoms. The van der Waals surface area contributed by atoms with Crippen molar-refractivity contribution in [3.63, 3.8) is 0 Å². The Labute approximate surface area is 138 Å². The van der Waals surface area contributed by atoms with Crippen LogP contribution in [0.15, 0.2) is 12.1 Å². The number of nitrogens with zero attached hydrogens (tertiary/aromatic N) is 2. The van der Waals surface area contributed by atoms with Crippen molar-refractivity contribution >= 4 is 28.1 Å². The molecule has 2 aliphatic heterocycles. The van der Waals surface area contributed by atoms with E-state index in [-0.39, 0.29) is 0 Å². The number of carbonyl (C=O) groups excluding carboxylic acids is 1. The molecule has 0 aliphatic carbocycles. The molecule has 7 heteroatoms. The fraction of sp³-hybridized carbons (Fsp3) is 0.562. The van der Waals surface area contributed by atoms with Crippen LogP contribution in [-0.4, -0.2) is 47.6 Å². The minimum absolute atomic E-state index is 0.391. The molecule has 2 N–H and O–H groups in total. The SMILES string of the molecule is CCN1CCc2c1cc(C(=O)OC)cc2N1CCCCS1(O)O. The lowest BCUT2D eigenvalue weighted by atomic mass is 10.1. The summed E-state index contributed by atoms with van der Waals surface area (Å²) in [5.74, 6) is -0.00710. The van der Waals surface area contributed by atoms with Crippen LogP contribution >= 0.6 is 10.8 Å². The normalized spacial score (nSPS) is 21.0. The van der Waals surface area contributed by atoms with Gasteiger partial charge < -0.3 is 9.64 Å². The average Bonchev–Trinajstić information content (AvgIpc) is 2.96. The average molecular weight is 340 g/mol. The minimum Gasteiger partial charge on any atom is -0.465 e. The van der Waals surface area contributed by atoms with Crippen molar-refractivity contribution in [3.05, 3.63) is 23.3 Å². The number of fused-ring (bicyclic) bond motifs is 1. The van der Waals surface area contributed by atoms with Crippen LogP contribution in [0.4, 0.5) is 11.4 Å². The number of carbonyl (C=O) groups is 1. The fourth-order valence-electron chi connectivity index (χ4n) is 3.42. The molecule has 0 radical (unpaired) electrons.